The number of nitrogens with zero attached hydrogens (tertiary/aromatic N) is 1. The Morgan fingerprint density at radius 1 is 1.44 bits per heavy atom. The van der Waals surface area contributed by atoms with Crippen molar-refractivity contribution in [1.82, 2.24) is 4.90 Å². The van der Waals surface area contributed by atoms with Crippen molar-refractivity contribution in [3.8, 4) is 0 Å². The highest BCUT2D eigenvalue weighted by Crippen LogP contribution is 2.19. The minimum atomic E-state index is 0.303. The molecule has 16 heavy (non-hydrogen) atoms. The number of Topliss-reactive ketones (excluding diaryl/α,β-unsaturated/α-hetero) is 1. The molecule has 3 nitrogen and oxygen atoms in total. The van der Waals surface area contributed by atoms with Crippen molar-refractivity contribution in [1.29, 1.82) is 0 Å². The van der Waals surface area contributed by atoms with Crippen molar-refractivity contribution in [2.45, 2.75) is 45.4 Å². The van der Waals surface area contributed by atoms with E-state index in [1.807, 2.05) is 0 Å². The molecule has 0 aromatic heterocycles. The van der Waals surface area contributed by atoms with Gasteiger partial charge < -0.3 is 14.8 Å². The van der Waals surface area contributed by atoms with Crippen molar-refractivity contribution in [2.24, 2.45) is 5.92 Å². The minimum Gasteiger partial charge on any atom is -0.396 e. The van der Waals surface area contributed by atoms with E-state index in [4.69, 9.17) is 5.11 Å². The normalized spacial score (nSPS) is 22.2. The van der Waals surface area contributed by atoms with Crippen molar-refractivity contribution < 1.29 is 9.90 Å². The van der Waals surface area contributed by atoms with E-state index in [2.05, 4.69) is 4.90 Å². The fraction of sp³-hybridized carbons (Fsp3) is 0.923. The van der Waals surface area contributed by atoms with Crippen LogP contribution in [0.2, 0.25) is 0 Å². The molecule has 1 atom stereocenters. The molecule has 1 rings (SSSR count). The summed E-state index contributed by atoms with van der Waals surface area (Å²) in [5.74, 6) is 0.989. The molecular weight excluding hydrogens is 202 g/mol. The van der Waals surface area contributed by atoms with Gasteiger partial charge in [0.05, 0.1) is 0 Å². The van der Waals surface area contributed by atoms with Crippen LogP contribution in [0.4, 0.5) is 0 Å². The van der Waals surface area contributed by atoms with Crippen LogP contribution in [-0.4, -0.2) is 42.0 Å². The van der Waals surface area contributed by atoms with Crippen LogP contribution >= 0.6 is 0 Å². The number of likely N-dealkylation sites (tertiary alicyclic amines) is 1. The van der Waals surface area contributed by atoms with E-state index in [0.29, 0.717) is 18.3 Å². The molecule has 0 aromatic carbocycles. The van der Waals surface area contributed by atoms with Crippen LogP contribution < -0.4 is 0 Å². The van der Waals surface area contributed by atoms with Crippen molar-refractivity contribution in [2.75, 3.05) is 26.2 Å². The fourth-order valence-electron chi connectivity index (χ4n) is 2.48. The maximum atomic E-state index is 10.8. The van der Waals surface area contributed by atoms with E-state index >= 15 is 0 Å². The number of piperidine rings is 1. The lowest BCUT2D eigenvalue weighted by Gasteiger charge is -2.32. The number of hydrogen-bond donors (Lipinski definition) is 1. The second kappa shape index (κ2) is 7.80. The van der Waals surface area contributed by atoms with Crippen LogP contribution in [0.25, 0.3) is 0 Å². The topological polar surface area (TPSA) is 40.5 Å². The first kappa shape index (κ1) is 13.7. The lowest BCUT2D eigenvalue weighted by atomic mass is 9.95. The van der Waals surface area contributed by atoms with Gasteiger partial charge in [0.15, 0.2) is 0 Å². The molecule has 1 unspecified atom stereocenters. The first-order valence-corrected chi connectivity index (χ1v) is 6.55. The molecule has 1 aliphatic heterocycles. The van der Waals surface area contributed by atoms with E-state index < -0.39 is 0 Å². The van der Waals surface area contributed by atoms with Gasteiger partial charge in [-0.05, 0) is 58.0 Å². The van der Waals surface area contributed by atoms with E-state index in [1.165, 1.54) is 19.4 Å². The number of carbonyl (C=O) groups is 1. The number of carbonyl (C=O) groups excluding carboxylic acids is 1. The quantitative estimate of drug-likeness (QED) is 0.675. The van der Waals surface area contributed by atoms with Gasteiger partial charge in [-0.25, -0.2) is 0 Å². The Morgan fingerprint density at radius 3 is 2.94 bits per heavy atom. The molecule has 0 aromatic rings. The summed E-state index contributed by atoms with van der Waals surface area (Å²) in [6.45, 7) is 5.44. The summed E-state index contributed by atoms with van der Waals surface area (Å²) in [4.78, 5) is 13.3. The van der Waals surface area contributed by atoms with Gasteiger partial charge in [0.2, 0.25) is 0 Å². The summed E-state index contributed by atoms with van der Waals surface area (Å²) >= 11 is 0. The Morgan fingerprint density at radius 2 is 2.25 bits per heavy atom. The largest absolute Gasteiger partial charge is 0.396 e. The van der Waals surface area contributed by atoms with E-state index in [-0.39, 0.29) is 0 Å². The molecule has 0 radical (unpaired) electrons. The highest BCUT2D eigenvalue weighted by Gasteiger charge is 2.18. The van der Waals surface area contributed by atoms with Gasteiger partial charge in [0.1, 0.15) is 5.78 Å². The van der Waals surface area contributed by atoms with Gasteiger partial charge in [0, 0.05) is 19.6 Å². The lowest BCUT2D eigenvalue weighted by molar-refractivity contribution is -0.117. The number of rotatable bonds is 7. The van der Waals surface area contributed by atoms with E-state index in [1.54, 1.807) is 6.92 Å². The Bertz CT molecular complexity index is 204. The fourth-order valence-corrected chi connectivity index (χ4v) is 2.48. The predicted molar refractivity (Wildman–Crippen MR) is 65.4 cm³/mol. The monoisotopic (exact) mass is 227 g/mol. The van der Waals surface area contributed by atoms with Crippen LogP contribution in [0.1, 0.15) is 45.4 Å². The highest BCUT2D eigenvalue weighted by atomic mass is 16.3. The molecule has 1 saturated heterocycles. The number of hydrogen-bond acceptors (Lipinski definition) is 3. The maximum absolute atomic E-state index is 10.8. The SMILES string of the molecule is CC(=O)CCCCN1CCCC(CCO)C1. The average Bonchev–Trinajstić information content (AvgIpc) is 2.25. The first-order valence-electron chi connectivity index (χ1n) is 6.55. The second-order valence-corrected chi connectivity index (χ2v) is 4.98. The van der Waals surface area contributed by atoms with E-state index in [0.717, 1.165) is 38.8 Å². The number of aliphatic hydroxyl groups excluding tert-OH is 1. The first-order chi connectivity index (χ1) is 7.72. The Balaban J connectivity index is 2.09. The van der Waals surface area contributed by atoms with Gasteiger partial charge in [-0.3, -0.25) is 0 Å². The molecule has 94 valence electrons. The molecule has 1 fully saturated rings. The average molecular weight is 227 g/mol. The van der Waals surface area contributed by atoms with Gasteiger partial charge in [0.25, 0.3) is 0 Å². The third-order valence-electron chi connectivity index (χ3n) is 3.39. The van der Waals surface area contributed by atoms with Crippen LogP contribution in [0.15, 0.2) is 0 Å². The highest BCUT2D eigenvalue weighted by molar-refractivity contribution is 5.75. The molecule has 0 bridgehead atoms. The van der Waals surface area contributed by atoms with Crippen molar-refractivity contribution in [3.63, 3.8) is 0 Å². The zero-order valence-electron chi connectivity index (χ0n) is 10.5. The Labute approximate surface area is 98.8 Å². The van der Waals surface area contributed by atoms with Gasteiger partial charge in [-0.2, -0.15) is 0 Å². The maximum Gasteiger partial charge on any atom is 0.129 e. The van der Waals surface area contributed by atoms with Crippen LogP contribution in [0.5, 0.6) is 0 Å². The minimum absolute atomic E-state index is 0.303. The summed E-state index contributed by atoms with van der Waals surface area (Å²) in [7, 11) is 0. The second-order valence-electron chi connectivity index (χ2n) is 4.98. The zero-order valence-corrected chi connectivity index (χ0v) is 10.5. The number of ketones is 1. The van der Waals surface area contributed by atoms with Crippen molar-refractivity contribution in [3.05, 3.63) is 0 Å². The molecule has 1 N–H and O–H groups in total. The molecule has 0 spiro atoms. The van der Waals surface area contributed by atoms with Gasteiger partial charge >= 0.3 is 0 Å². The molecule has 0 amide bonds. The summed E-state index contributed by atoms with van der Waals surface area (Å²) in [5.41, 5.74) is 0. The van der Waals surface area contributed by atoms with Crippen LogP contribution in [0, 0.1) is 5.92 Å². The summed E-state index contributed by atoms with van der Waals surface area (Å²) in [6.07, 6.45) is 6.36. The molecule has 1 heterocycles. The third-order valence-corrected chi connectivity index (χ3v) is 3.39. The lowest BCUT2D eigenvalue weighted by Crippen LogP contribution is -2.36. The Kier molecular flexibility index (Phi) is 6.65. The Hall–Kier alpha value is -0.410. The standard InChI is InChI=1S/C13H25NO2/c1-12(16)5-2-3-8-14-9-4-6-13(11-14)7-10-15/h13,15H,2-11H2,1H3. The third kappa shape index (κ3) is 5.61. The predicted octanol–water partition coefficient (Wildman–Crippen LogP) is 1.84. The zero-order chi connectivity index (χ0) is 11.8. The summed E-state index contributed by atoms with van der Waals surface area (Å²) in [5, 5.41) is 8.92. The van der Waals surface area contributed by atoms with Crippen LogP contribution in [-0.2, 0) is 4.79 Å². The van der Waals surface area contributed by atoms with Gasteiger partial charge in [-0.15, -0.1) is 0 Å². The number of unbranched alkanes of at least 4 members (excludes halogenated alkanes) is 1. The number of aliphatic hydroxyl groups is 1. The van der Waals surface area contributed by atoms with Crippen molar-refractivity contribution >= 4 is 5.78 Å². The van der Waals surface area contributed by atoms with E-state index in [9.17, 15) is 4.79 Å². The molecular formula is C13H25NO2. The summed E-state index contributed by atoms with van der Waals surface area (Å²) < 4.78 is 0. The molecule has 0 saturated carbocycles. The molecule has 3 heteroatoms. The molecule has 1 aliphatic rings. The van der Waals surface area contributed by atoms with Crippen LogP contribution in [0.3, 0.4) is 0 Å². The molecule has 0 aliphatic carbocycles. The van der Waals surface area contributed by atoms with Gasteiger partial charge in [-0.1, -0.05) is 0 Å². The smallest absolute Gasteiger partial charge is 0.129 e. The summed E-state index contributed by atoms with van der Waals surface area (Å²) in [6, 6.07) is 0.